The van der Waals surface area contributed by atoms with Gasteiger partial charge in [0.1, 0.15) is 17.7 Å². The van der Waals surface area contributed by atoms with E-state index in [1.54, 1.807) is 25.7 Å². The lowest BCUT2D eigenvalue weighted by Crippen LogP contribution is -2.55. The van der Waals surface area contributed by atoms with E-state index in [0.29, 0.717) is 12.1 Å². The predicted octanol–water partition coefficient (Wildman–Crippen LogP) is 6.16. The monoisotopic (exact) mass is 521 g/mol. The smallest absolute Gasteiger partial charge is 0.408 e. The SMILES string of the molecule is CCC(C)C(NC(=O)OC(C)(C)C)C(=O)N(C(C(=O)Nc1ccccc1C)c1ccccc1C)C1CC1C. The van der Waals surface area contributed by atoms with Crippen LogP contribution in [-0.2, 0) is 14.3 Å². The molecule has 0 radical (unpaired) electrons. The molecule has 0 saturated heterocycles. The Kier molecular flexibility index (Phi) is 9.23. The summed E-state index contributed by atoms with van der Waals surface area (Å²) in [4.78, 5) is 43.0. The van der Waals surface area contributed by atoms with E-state index >= 15 is 0 Å². The molecule has 38 heavy (non-hydrogen) atoms. The number of para-hydroxylation sites is 1. The molecule has 0 aliphatic heterocycles. The minimum absolute atomic E-state index is 0.110. The summed E-state index contributed by atoms with van der Waals surface area (Å²) < 4.78 is 5.49. The van der Waals surface area contributed by atoms with Crippen LogP contribution in [0.25, 0.3) is 0 Å². The lowest BCUT2D eigenvalue weighted by molar-refractivity contribution is -0.142. The molecule has 0 aromatic heterocycles. The number of ether oxygens (including phenoxy) is 1. The maximum Gasteiger partial charge on any atom is 0.408 e. The molecule has 7 heteroatoms. The van der Waals surface area contributed by atoms with Crippen molar-refractivity contribution in [2.24, 2.45) is 11.8 Å². The van der Waals surface area contributed by atoms with Crippen LogP contribution >= 0.6 is 0 Å². The fraction of sp³-hybridized carbons (Fsp3) is 0.516. The van der Waals surface area contributed by atoms with Gasteiger partial charge in [-0.2, -0.15) is 0 Å². The lowest BCUT2D eigenvalue weighted by Gasteiger charge is -2.37. The van der Waals surface area contributed by atoms with E-state index < -0.39 is 23.8 Å². The van der Waals surface area contributed by atoms with Crippen molar-refractivity contribution in [1.82, 2.24) is 10.2 Å². The average Bonchev–Trinajstić information content (AvgIpc) is 3.56. The van der Waals surface area contributed by atoms with Crippen LogP contribution in [0.5, 0.6) is 0 Å². The molecule has 3 amide bonds. The summed E-state index contributed by atoms with van der Waals surface area (Å²) in [6.07, 6.45) is 0.826. The van der Waals surface area contributed by atoms with Gasteiger partial charge in [0.2, 0.25) is 5.91 Å². The number of anilines is 1. The number of rotatable bonds is 9. The van der Waals surface area contributed by atoms with Crippen LogP contribution in [0.1, 0.15) is 77.1 Å². The molecule has 2 N–H and O–H groups in total. The van der Waals surface area contributed by atoms with E-state index in [9.17, 15) is 14.4 Å². The van der Waals surface area contributed by atoms with Crippen LogP contribution < -0.4 is 10.6 Å². The van der Waals surface area contributed by atoms with Crippen molar-refractivity contribution < 1.29 is 19.1 Å². The molecule has 0 bridgehead atoms. The molecule has 0 heterocycles. The molecular formula is C31H43N3O4. The van der Waals surface area contributed by atoms with Crippen molar-refractivity contribution in [3.63, 3.8) is 0 Å². The van der Waals surface area contributed by atoms with Gasteiger partial charge in [0.25, 0.3) is 5.91 Å². The Morgan fingerprint density at radius 1 is 1.03 bits per heavy atom. The van der Waals surface area contributed by atoms with Crippen LogP contribution in [0.4, 0.5) is 10.5 Å². The Morgan fingerprint density at radius 2 is 1.61 bits per heavy atom. The normalized spacial score (nSPS) is 19.1. The Bertz CT molecular complexity index is 1160. The number of alkyl carbamates (subject to hydrolysis) is 1. The van der Waals surface area contributed by atoms with Gasteiger partial charge in [-0.15, -0.1) is 0 Å². The summed E-state index contributed by atoms with van der Waals surface area (Å²) in [5.74, 6) is -0.465. The largest absolute Gasteiger partial charge is 0.444 e. The second kappa shape index (κ2) is 12.0. The van der Waals surface area contributed by atoms with Crippen molar-refractivity contribution in [1.29, 1.82) is 0 Å². The predicted molar refractivity (Wildman–Crippen MR) is 151 cm³/mol. The highest BCUT2D eigenvalue weighted by molar-refractivity contribution is 6.00. The number of carbonyl (C=O) groups excluding carboxylic acids is 3. The lowest BCUT2D eigenvalue weighted by atomic mass is 9.94. The van der Waals surface area contributed by atoms with E-state index in [1.165, 1.54) is 0 Å². The van der Waals surface area contributed by atoms with Gasteiger partial charge in [-0.25, -0.2) is 4.79 Å². The molecule has 206 valence electrons. The van der Waals surface area contributed by atoms with Crippen molar-refractivity contribution in [3.05, 3.63) is 65.2 Å². The van der Waals surface area contributed by atoms with Crippen LogP contribution in [0.15, 0.2) is 48.5 Å². The third-order valence-corrected chi connectivity index (χ3v) is 7.24. The molecular weight excluding hydrogens is 478 g/mol. The molecule has 2 aromatic rings. The number of hydrogen-bond acceptors (Lipinski definition) is 4. The minimum atomic E-state index is -0.856. The topological polar surface area (TPSA) is 87.7 Å². The van der Waals surface area contributed by atoms with Crippen LogP contribution in [0, 0.1) is 25.7 Å². The summed E-state index contributed by atoms with van der Waals surface area (Å²) >= 11 is 0. The molecule has 3 rings (SSSR count). The maximum atomic E-state index is 14.4. The Morgan fingerprint density at radius 3 is 2.13 bits per heavy atom. The van der Waals surface area contributed by atoms with Crippen molar-refractivity contribution in [2.75, 3.05) is 5.32 Å². The average molecular weight is 522 g/mol. The number of aryl methyl sites for hydroxylation is 2. The third-order valence-electron chi connectivity index (χ3n) is 7.24. The molecule has 1 aliphatic carbocycles. The number of carbonyl (C=O) groups is 3. The number of hydrogen-bond donors (Lipinski definition) is 2. The van der Waals surface area contributed by atoms with Gasteiger partial charge in [0.15, 0.2) is 0 Å². The zero-order valence-corrected chi connectivity index (χ0v) is 24.0. The molecule has 2 aromatic carbocycles. The van der Waals surface area contributed by atoms with Gasteiger partial charge < -0.3 is 20.3 Å². The molecule has 5 unspecified atom stereocenters. The quantitative estimate of drug-likeness (QED) is 0.414. The van der Waals surface area contributed by atoms with Crippen LogP contribution in [0.3, 0.4) is 0 Å². The Labute approximate surface area is 227 Å². The number of nitrogens with one attached hydrogen (secondary N) is 2. The fourth-order valence-electron chi connectivity index (χ4n) is 4.68. The minimum Gasteiger partial charge on any atom is -0.444 e. The van der Waals surface area contributed by atoms with Gasteiger partial charge in [-0.3, -0.25) is 9.59 Å². The number of benzene rings is 2. The molecule has 1 aliphatic rings. The van der Waals surface area contributed by atoms with E-state index in [1.807, 2.05) is 76.2 Å². The Hall–Kier alpha value is -3.35. The van der Waals surface area contributed by atoms with Gasteiger partial charge in [-0.1, -0.05) is 69.7 Å². The van der Waals surface area contributed by atoms with Crippen LogP contribution in [-0.4, -0.2) is 40.5 Å². The highest BCUT2D eigenvalue weighted by atomic mass is 16.6. The highest BCUT2D eigenvalue weighted by Gasteiger charge is 2.49. The summed E-state index contributed by atoms with van der Waals surface area (Å²) in [5, 5.41) is 5.91. The standard InChI is InChI=1S/C31H43N3O4/c1-9-19(2)26(33-30(37)38-31(6,7)8)29(36)34(25-18-22(25)5)27(23-16-12-10-14-20(23)3)28(35)32-24-17-13-11-15-21(24)4/h10-17,19,22,25-27H,9,18H2,1-8H3,(H,32,35)(H,33,37). The zero-order chi connectivity index (χ0) is 28.2. The zero-order valence-electron chi connectivity index (χ0n) is 24.0. The second-order valence-corrected chi connectivity index (χ2v) is 11.6. The fourth-order valence-corrected chi connectivity index (χ4v) is 4.68. The summed E-state index contributed by atoms with van der Waals surface area (Å²) in [5.41, 5.74) is 2.63. The first-order valence-electron chi connectivity index (χ1n) is 13.6. The second-order valence-electron chi connectivity index (χ2n) is 11.6. The summed E-state index contributed by atoms with van der Waals surface area (Å²) in [6.45, 7) is 15.2. The Balaban J connectivity index is 2.06. The van der Waals surface area contributed by atoms with E-state index in [-0.39, 0.29) is 29.7 Å². The highest BCUT2D eigenvalue weighted by Crippen LogP contribution is 2.42. The van der Waals surface area contributed by atoms with E-state index in [4.69, 9.17) is 4.74 Å². The molecule has 7 nitrogen and oxygen atoms in total. The molecule has 5 atom stereocenters. The number of nitrogens with zero attached hydrogens (tertiary/aromatic N) is 1. The summed E-state index contributed by atoms with van der Waals surface area (Å²) in [7, 11) is 0. The van der Waals surface area contributed by atoms with E-state index in [2.05, 4.69) is 17.6 Å². The van der Waals surface area contributed by atoms with E-state index in [0.717, 1.165) is 23.1 Å². The molecule has 1 saturated carbocycles. The first kappa shape index (κ1) is 29.2. The first-order valence-corrected chi connectivity index (χ1v) is 13.6. The van der Waals surface area contributed by atoms with Gasteiger partial charge in [-0.05, 0) is 75.6 Å². The van der Waals surface area contributed by atoms with Gasteiger partial charge in [0.05, 0.1) is 0 Å². The van der Waals surface area contributed by atoms with Crippen LogP contribution in [0.2, 0.25) is 0 Å². The van der Waals surface area contributed by atoms with Gasteiger partial charge >= 0.3 is 6.09 Å². The molecule has 0 spiro atoms. The van der Waals surface area contributed by atoms with Gasteiger partial charge in [0, 0.05) is 11.7 Å². The van der Waals surface area contributed by atoms with Crippen molar-refractivity contribution in [3.8, 4) is 0 Å². The van der Waals surface area contributed by atoms with Crippen molar-refractivity contribution >= 4 is 23.6 Å². The van der Waals surface area contributed by atoms with Crippen molar-refractivity contribution in [2.45, 2.75) is 92.0 Å². The number of amides is 3. The first-order chi connectivity index (χ1) is 17.8. The molecule has 1 fully saturated rings. The third kappa shape index (κ3) is 7.15. The summed E-state index contributed by atoms with van der Waals surface area (Å²) in [6, 6.07) is 13.5. The maximum absolute atomic E-state index is 14.4.